The molecule has 2 aromatic rings. The maximum absolute atomic E-state index is 12.4. The van der Waals surface area contributed by atoms with Crippen LogP contribution < -0.4 is 9.64 Å². The molecule has 2 aromatic carbocycles. The van der Waals surface area contributed by atoms with Gasteiger partial charge in [-0.15, -0.1) is 0 Å². The van der Waals surface area contributed by atoms with Crippen LogP contribution in [-0.4, -0.2) is 31.6 Å². The Morgan fingerprint density at radius 1 is 1.15 bits per heavy atom. The zero-order valence-electron chi connectivity index (χ0n) is 14.5. The number of fused-ring (bicyclic) bond motifs is 1. The molecule has 1 aliphatic heterocycles. The number of carbonyl (C=O) groups excluding carboxylic acids is 2. The normalized spacial score (nSPS) is 13.1. The molecule has 26 heavy (non-hydrogen) atoms. The van der Waals surface area contributed by atoms with Crippen molar-refractivity contribution in [3.8, 4) is 5.75 Å². The first-order valence-electron chi connectivity index (χ1n) is 8.47. The fourth-order valence-corrected chi connectivity index (χ4v) is 3.19. The first-order chi connectivity index (χ1) is 12.5. The summed E-state index contributed by atoms with van der Waals surface area (Å²) in [6, 6.07) is 12.9. The van der Waals surface area contributed by atoms with E-state index in [-0.39, 0.29) is 19.1 Å². The number of benzene rings is 2. The van der Waals surface area contributed by atoms with Crippen LogP contribution in [0.25, 0.3) is 0 Å². The van der Waals surface area contributed by atoms with E-state index < -0.39 is 5.97 Å². The van der Waals surface area contributed by atoms with Crippen molar-refractivity contribution < 1.29 is 19.1 Å². The standard InChI is InChI=1S/C20H20ClNO4/c1-14-11-16(21)8-9-18(14)25-13-20(24)26-12-19(23)22-10-4-6-15-5-2-3-7-17(15)22/h2-3,5,7-9,11H,4,6,10,12-13H2,1H3. The molecule has 6 heteroatoms. The van der Waals surface area contributed by atoms with E-state index in [4.69, 9.17) is 21.1 Å². The van der Waals surface area contributed by atoms with Gasteiger partial charge in [0, 0.05) is 17.3 Å². The minimum absolute atomic E-state index is 0.229. The summed E-state index contributed by atoms with van der Waals surface area (Å²) < 4.78 is 10.5. The Hall–Kier alpha value is -2.53. The van der Waals surface area contributed by atoms with Gasteiger partial charge < -0.3 is 14.4 Å². The molecule has 0 unspecified atom stereocenters. The van der Waals surface area contributed by atoms with Crippen LogP contribution in [0.4, 0.5) is 5.69 Å². The molecule has 136 valence electrons. The van der Waals surface area contributed by atoms with Gasteiger partial charge in [0.05, 0.1) is 0 Å². The lowest BCUT2D eigenvalue weighted by molar-refractivity contribution is -0.149. The molecular formula is C20H20ClNO4. The summed E-state index contributed by atoms with van der Waals surface area (Å²) in [7, 11) is 0. The first kappa shape index (κ1) is 18.3. The van der Waals surface area contributed by atoms with Crippen LogP contribution in [0, 0.1) is 6.92 Å². The number of carbonyl (C=O) groups is 2. The Labute approximate surface area is 157 Å². The SMILES string of the molecule is Cc1cc(Cl)ccc1OCC(=O)OCC(=O)N1CCCc2ccccc21. The van der Waals surface area contributed by atoms with Gasteiger partial charge in [-0.1, -0.05) is 29.8 Å². The summed E-state index contributed by atoms with van der Waals surface area (Å²) in [5.41, 5.74) is 2.86. The third-order valence-corrected chi connectivity index (χ3v) is 4.49. The monoisotopic (exact) mass is 373 g/mol. The molecule has 0 atom stereocenters. The number of esters is 1. The Morgan fingerprint density at radius 2 is 1.96 bits per heavy atom. The molecule has 0 bridgehead atoms. The summed E-state index contributed by atoms with van der Waals surface area (Å²) in [6.07, 6.45) is 1.85. The van der Waals surface area contributed by atoms with Gasteiger partial charge in [-0.25, -0.2) is 4.79 Å². The van der Waals surface area contributed by atoms with E-state index in [2.05, 4.69) is 0 Å². The summed E-state index contributed by atoms with van der Waals surface area (Å²) in [4.78, 5) is 26.0. The molecule has 0 spiro atoms. The highest BCUT2D eigenvalue weighted by Crippen LogP contribution is 2.26. The van der Waals surface area contributed by atoms with Gasteiger partial charge in [-0.05, 0) is 55.2 Å². The van der Waals surface area contributed by atoms with Gasteiger partial charge in [0.15, 0.2) is 13.2 Å². The summed E-state index contributed by atoms with van der Waals surface area (Å²) in [5, 5.41) is 0.602. The van der Waals surface area contributed by atoms with E-state index in [1.807, 2.05) is 31.2 Å². The van der Waals surface area contributed by atoms with E-state index in [0.29, 0.717) is 17.3 Å². The quantitative estimate of drug-likeness (QED) is 0.752. The molecule has 0 fully saturated rings. The largest absolute Gasteiger partial charge is 0.482 e. The molecule has 5 nitrogen and oxygen atoms in total. The van der Waals surface area contributed by atoms with Crippen molar-refractivity contribution in [1.29, 1.82) is 0 Å². The zero-order chi connectivity index (χ0) is 18.5. The highest BCUT2D eigenvalue weighted by Gasteiger charge is 2.23. The number of amides is 1. The van der Waals surface area contributed by atoms with E-state index in [1.54, 1.807) is 23.1 Å². The number of rotatable bonds is 5. The lowest BCUT2D eigenvalue weighted by Gasteiger charge is -2.29. The van der Waals surface area contributed by atoms with Crippen molar-refractivity contribution in [3.63, 3.8) is 0 Å². The number of anilines is 1. The number of aryl methyl sites for hydroxylation is 2. The number of hydrogen-bond donors (Lipinski definition) is 0. The Morgan fingerprint density at radius 3 is 2.77 bits per heavy atom. The van der Waals surface area contributed by atoms with Gasteiger partial charge in [-0.3, -0.25) is 4.79 Å². The predicted molar refractivity (Wildman–Crippen MR) is 99.8 cm³/mol. The molecular weight excluding hydrogens is 354 g/mol. The van der Waals surface area contributed by atoms with Crippen molar-refractivity contribution in [2.45, 2.75) is 19.8 Å². The van der Waals surface area contributed by atoms with Crippen LogP contribution in [0.3, 0.4) is 0 Å². The smallest absolute Gasteiger partial charge is 0.344 e. The van der Waals surface area contributed by atoms with Gasteiger partial charge in [0.25, 0.3) is 5.91 Å². The molecule has 3 rings (SSSR count). The van der Waals surface area contributed by atoms with E-state index in [9.17, 15) is 9.59 Å². The van der Waals surface area contributed by atoms with Gasteiger partial charge in [-0.2, -0.15) is 0 Å². The molecule has 0 saturated heterocycles. The van der Waals surface area contributed by atoms with Gasteiger partial charge in [0.2, 0.25) is 0 Å². The van der Waals surface area contributed by atoms with Gasteiger partial charge >= 0.3 is 5.97 Å². The average Bonchev–Trinajstić information content (AvgIpc) is 2.65. The highest BCUT2D eigenvalue weighted by molar-refractivity contribution is 6.30. The minimum Gasteiger partial charge on any atom is -0.482 e. The number of ether oxygens (including phenoxy) is 2. The van der Waals surface area contributed by atoms with E-state index >= 15 is 0 Å². The molecule has 0 aromatic heterocycles. The maximum Gasteiger partial charge on any atom is 0.344 e. The van der Waals surface area contributed by atoms with Crippen LogP contribution >= 0.6 is 11.6 Å². The summed E-state index contributed by atoms with van der Waals surface area (Å²) >= 11 is 5.88. The van der Waals surface area contributed by atoms with Crippen LogP contribution in [0.2, 0.25) is 5.02 Å². The summed E-state index contributed by atoms with van der Waals surface area (Å²) in [5.74, 6) is -0.256. The fraction of sp³-hybridized carbons (Fsp3) is 0.300. The van der Waals surface area contributed by atoms with Crippen molar-refractivity contribution in [2.75, 3.05) is 24.7 Å². The fourth-order valence-electron chi connectivity index (χ4n) is 2.97. The molecule has 0 radical (unpaired) electrons. The number of nitrogens with zero attached hydrogens (tertiary/aromatic N) is 1. The van der Waals surface area contributed by atoms with E-state index in [0.717, 1.165) is 29.7 Å². The Balaban J connectivity index is 1.51. The lowest BCUT2D eigenvalue weighted by atomic mass is 10.0. The second kappa shape index (κ2) is 8.23. The van der Waals surface area contributed by atoms with Gasteiger partial charge in [0.1, 0.15) is 5.75 Å². The van der Waals surface area contributed by atoms with Crippen LogP contribution in [-0.2, 0) is 20.7 Å². The second-order valence-electron chi connectivity index (χ2n) is 6.14. The molecule has 1 aliphatic rings. The molecule has 1 amide bonds. The topological polar surface area (TPSA) is 55.8 Å². The van der Waals surface area contributed by atoms with Crippen molar-refractivity contribution in [3.05, 3.63) is 58.6 Å². The van der Waals surface area contributed by atoms with Crippen molar-refractivity contribution in [1.82, 2.24) is 0 Å². The van der Waals surface area contributed by atoms with Crippen LogP contribution in [0.5, 0.6) is 5.75 Å². The average molecular weight is 374 g/mol. The number of hydrogen-bond acceptors (Lipinski definition) is 4. The third kappa shape index (κ3) is 4.35. The maximum atomic E-state index is 12.4. The minimum atomic E-state index is -0.585. The number of halogens is 1. The van der Waals surface area contributed by atoms with Crippen molar-refractivity contribution >= 4 is 29.2 Å². The lowest BCUT2D eigenvalue weighted by Crippen LogP contribution is -2.38. The van der Waals surface area contributed by atoms with E-state index in [1.165, 1.54) is 0 Å². The Kier molecular flexibility index (Phi) is 5.78. The second-order valence-corrected chi connectivity index (χ2v) is 6.57. The van der Waals surface area contributed by atoms with Crippen LogP contribution in [0.1, 0.15) is 17.5 Å². The number of para-hydroxylation sites is 1. The van der Waals surface area contributed by atoms with Crippen LogP contribution in [0.15, 0.2) is 42.5 Å². The molecule has 0 aliphatic carbocycles. The third-order valence-electron chi connectivity index (χ3n) is 4.25. The van der Waals surface area contributed by atoms with Crippen molar-refractivity contribution in [2.24, 2.45) is 0 Å². The molecule has 1 heterocycles. The first-order valence-corrected chi connectivity index (χ1v) is 8.85. The highest BCUT2D eigenvalue weighted by atomic mass is 35.5. The molecule has 0 N–H and O–H groups in total. The Bertz CT molecular complexity index is 821. The predicted octanol–water partition coefficient (Wildman–Crippen LogP) is 3.55. The zero-order valence-corrected chi connectivity index (χ0v) is 15.3. The summed E-state index contributed by atoms with van der Waals surface area (Å²) in [6.45, 7) is 1.92. The molecule has 0 saturated carbocycles.